The lowest BCUT2D eigenvalue weighted by molar-refractivity contribution is -0.142. The van der Waals surface area contributed by atoms with Crippen LogP contribution in [-0.4, -0.2) is 28.1 Å². The molecule has 1 aromatic carbocycles. The normalized spacial score (nSPS) is 14.3. The Kier molecular flexibility index (Phi) is 4.62. The van der Waals surface area contributed by atoms with E-state index in [4.69, 9.17) is 5.73 Å². The number of nitrogens with zero attached hydrogens (tertiary/aromatic N) is 2. The standard InChI is InChI=1S/C16H12F5N3O3/c17-8-2-1-3-9(18)11(8)10(25)6-27-15(26)12-13(16(19,20)21)23-24(14(12)22)7-4-5-7/h1-3,7H,4-6,22H2. The number of halogens is 5. The van der Waals surface area contributed by atoms with Crippen LogP contribution < -0.4 is 5.73 Å². The van der Waals surface area contributed by atoms with Gasteiger partial charge in [0.15, 0.2) is 12.3 Å². The van der Waals surface area contributed by atoms with E-state index in [1.807, 2.05) is 0 Å². The lowest BCUT2D eigenvalue weighted by Crippen LogP contribution is -2.20. The molecule has 0 atom stereocenters. The molecule has 0 amide bonds. The lowest BCUT2D eigenvalue weighted by atomic mass is 10.1. The average Bonchev–Trinajstić information content (AvgIpc) is 3.34. The van der Waals surface area contributed by atoms with Crippen molar-refractivity contribution in [1.29, 1.82) is 0 Å². The molecule has 0 unspecified atom stereocenters. The fourth-order valence-electron chi connectivity index (χ4n) is 2.48. The Morgan fingerprint density at radius 3 is 2.30 bits per heavy atom. The molecule has 0 bridgehead atoms. The number of carbonyl (C=O) groups excluding carboxylic acids is 2. The molecule has 27 heavy (non-hydrogen) atoms. The number of nitrogen functional groups attached to an aromatic ring is 1. The van der Waals surface area contributed by atoms with Crippen LogP contribution in [0.4, 0.5) is 27.8 Å². The number of benzene rings is 1. The molecular weight excluding hydrogens is 377 g/mol. The van der Waals surface area contributed by atoms with Gasteiger partial charge in [-0.05, 0) is 25.0 Å². The van der Waals surface area contributed by atoms with Gasteiger partial charge in [-0.15, -0.1) is 0 Å². The van der Waals surface area contributed by atoms with Crippen LogP contribution in [0.1, 0.15) is 45.3 Å². The van der Waals surface area contributed by atoms with Gasteiger partial charge in [0.05, 0.1) is 11.6 Å². The molecule has 1 aliphatic rings. The SMILES string of the molecule is Nc1c(C(=O)OCC(=O)c2c(F)cccc2F)c(C(F)(F)F)nn1C1CC1. The molecule has 2 aromatic rings. The van der Waals surface area contributed by atoms with Crippen molar-refractivity contribution in [3.05, 3.63) is 46.7 Å². The van der Waals surface area contributed by atoms with Crippen LogP contribution in [0, 0.1) is 11.6 Å². The molecule has 2 N–H and O–H groups in total. The first-order valence-electron chi connectivity index (χ1n) is 7.70. The second kappa shape index (κ2) is 6.63. The van der Waals surface area contributed by atoms with Gasteiger partial charge in [0.1, 0.15) is 23.0 Å². The fraction of sp³-hybridized carbons (Fsp3) is 0.312. The smallest absolute Gasteiger partial charge is 0.436 e. The van der Waals surface area contributed by atoms with Gasteiger partial charge < -0.3 is 10.5 Å². The van der Waals surface area contributed by atoms with Gasteiger partial charge in [-0.1, -0.05) is 6.07 Å². The number of alkyl halides is 3. The number of hydrogen-bond donors (Lipinski definition) is 1. The van der Waals surface area contributed by atoms with E-state index < -0.39 is 58.8 Å². The third kappa shape index (κ3) is 3.62. The second-order valence-corrected chi connectivity index (χ2v) is 5.88. The predicted molar refractivity (Wildman–Crippen MR) is 80.9 cm³/mol. The number of Topliss-reactive ketones (excluding diaryl/α,β-unsaturated/α-hetero) is 1. The number of esters is 1. The maximum absolute atomic E-state index is 13.5. The first-order valence-corrected chi connectivity index (χ1v) is 7.70. The molecule has 0 spiro atoms. The van der Waals surface area contributed by atoms with Crippen molar-refractivity contribution in [2.45, 2.75) is 25.1 Å². The summed E-state index contributed by atoms with van der Waals surface area (Å²) in [5.74, 6) is -5.72. The van der Waals surface area contributed by atoms with Crippen LogP contribution >= 0.6 is 0 Å². The summed E-state index contributed by atoms with van der Waals surface area (Å²) >= 11 is 0. The molecule has 1 heterocycles. The van der Waals surface area contributed by atoms with E-state index >= 15 is 0 Å². The van der Waals surface area contributed by atoms with Crippen LogP contribution in [0.2, 0.25) is 0 Å². The van der Waals surface area contributed by atoms with Crippen molar-refractivity contribution >= 4 is 17.6 Å². The number of hydrogen-bond acceptors (Lipinski definition) is 5. The van der Waals surface area contributed by atoms with Gasteiger partial charge in [-0.25, -0.2) is 18.3 Å². The Hall–Kier alpha value is -2.98. The Morgan fingerprint density at radius 2 is 1.78 bits per heavy atom. The van der Waals surface area contributed by atoms with E-state index in [1.165, 1.54) is 0 Å². The number of carbonyl (C=O) groups is 2. The third-order valence-electron chi connectivity index (χ3n) is 3.89. The van der Waals surface area contributed by atoms with Crippen molar-refractivity contribution in [2.75, 3.05) is 12.3 Å². The summed E-state index contributed by atoms with van der Waals surface area (Å²) in [5.41, 5.74) is 2.08. The van der Waals surface area contributed by atoms with Gasteiger partial charge in [-0.2, -0.15) is 18.3 Å². The van der Waals surface area contributed by atoms with Crippen molar-refractivity contribution < 1.29 is 36.3 Å². The van der Waals surface area contributed by atoms with Gasteiger partial charge in [-0.3, -0.25) is 4.79 Å². The highest BCUT2D eigenvalue weighted by Gasteiger charge is 2.43. The fourth-order valence-corrected chi connectivity index (χ4v) is 2.48. The van der Waals surface area contributed by atoms with Crippen LogP contribution in [0.25, 0.3) is 0 Å². The van der Waals surface area contributed by atoms with Crippen LogP contribution in [-0.2, 0) is 10.9 Å². The minimum atomic E-state index is -4.98. The van der Waals surface area contributed by atoms with Crippen molar-refractivity contribution in [1.82, 2.24) is 9.78 Å². The maximum atomic E-state index is 13.5. The number of ketones is 1. The number of nitrogens with two attached hydrogens (primary N) is 1. The van der Waals surface area contributed by atoms with E-state index in [-0.39, 0.29) is 6.04 Å². The third-order valence-corrected chi connectivity index (χ3v) is 3.89. The topological polar surface area (TPSA) is 87.2 Å². The molecule has 0 radical (unpaired) electrons. The summed E-state index contributed by atoms with van der Waals surface area (Å²) < 4.78 is 72.0. The number of rotatable bonds is 5. The largest absolute Gasteiger partial charge is 0.454 e. The molecule has 1 aliphatic carbocycles. The molecule has 6 nitrogen and oxygen atoms in total. The van der Waals surface area contributed by atoms with Crippen molar-refractivity contribution in [3.63, 3.8) is 0 Å². The first kappa shape index (κ1) is 18.8. The Morgan fingerprint density at radius 1 is 1.19 bits per heavy atom. The van der Waals surface area contributed by atoms with E-state index in [1.54, 1.807) is 0 Å². The quantitative estimate of drug-likeness (QED) is 0.482. The number of aromatic nitrogens is 2. The molecule has 3 rings (SSSR count). The molecule has 1 fully saturated rings. The maximum Gasteiger partial charge on any atom is 0.436 e. The summed E-state index contributed by atoms with van der Waals surface area (Å²) in [7, 11) is 0. The first-order chi connectivity index (χ1) is 12.6. The number of anilines is 1. The van der Waals surface area contributed by atoms with Gasteiger partial charge in [0.2, 0.25) is 5.78 Å². The molecular formula is C16H12F5N3O3. The summed E-state index contributed by atoms with van der Waals surface area (Å²) in [5, 5.41) is 3.34. The van der Waals surface area contributed by atoms with Crippen LogP contribution in [0.5, 0.6) is 0 Å². The summed E-state index contributed by atoms with van der Waals surface area (Å²) in [4.78, 5) is 24.0. The molecule has 11 heteroatoms. The minimum absolute atomic E-state index is 0.346. The lowest BCUT2D eigenvalue weighted by Gasteiger charge is -2.08. The molecule has 1 saturated carbocycles. The van der Waals surface area contributed by atoms with Crippen LogP contribution in [0.3, 0.4) is 0 Å². The molecule has 0 aliphatic heterocycles. The van der Waals surface area contributed by atoms with Gasteiger partial charge in [0.25, 0.3) is 0 Å². The highest BCUT2D eigenvalue weighted by atomic mass is 19.4. The zero-order valence-electron chi connectivity index (χ0n) is 13.5. The highest BCUT2D eigenvalue weighted by Crippen LogP contribution is 2.41. The second-order valence-electron chi connectivity index (χ2n) is 5.88. The monoisotopic (exact) mass is 389 g/mol. The average molecular weight is 389 g/mol. The summed E-state index contributed by atoms with van der Waals surface area (Å²) in [6.07, 6.45) is -3.87. The predicted octanol–water partition coefficient (Wildman–Crippen LogP) is 3.14. The van der Waals surface area contributed by atoms with Gasteiger partial charge >= 0.3 is 12.1 Å². The number of ether oxygens (including phenoxy) is 1. The van der Waals surface area contributed by atoms with E-state index in [0.29, 0.717) is 12.8 Å². The Bertz CT molecular complexity index is 899. The zero-order valence-corrected chi connectivity index (χ0v) is 13.5. The molecule has 1 aromatic heterocycles. The Balaban J connectivity index is 1.83. The molecule has 0 saturated heterocycles. The summed E-state index contributed by atoms with van der Waals surface area (Å²) in [6.45, 7) is -1.16. The van der Waals surface area contributed by atoms with Crippen molar-refractivity contribution in [2.24, 2.45) is 0 Å². The molecule has 144 valence electrons. The minimum Gasteiger partial charge on any atom is -0.454 e. The highest BCUT2D eigenvalue weighted by molar-refractivity contribution is 6.01. The Labute approximate surface area is 148 Å². The van der Waals surface area contributed by atoms with E-state index in [9.17, 15) is 31.5 Å². The van der Waals surface area contributed by atoms with E-state index in [0.717, 1.165) is 22.9 Å². The van der Waals surface area contributed by atoms with Gasteiger partial charge in [0, 0.05) is 0 Å². The van der Waals surface area contributed by atoms with Crippen molar-refractivity contribution in [3.8, 4) is 0 Å². The van der Waals surface area contributed by atoms with Crippen LogP contribution in [0.15, 0.2) is 18.2 Å². The zero-order chi connectivity index (χ0) is 19.9. The summed E-state index contributed by atoms with van der Waals surface area (Å²) in [6, 6.07) is 2.31. The van der Waals surface area contributed by atoms with E-state index in [2.05, 4.69) is 9.84 Å².